The standard InChI is InChI=1S/C20H14ClF2N3O2/c1-20(14-9-12(22)5-7-16(14)23)18(27)26(19(28)25-20)10-11-4-6-15(21)13-3-2-8-24-17(11)13/h2-9H,10H2,1H3,(H,25,28). The van der Waals surface area contributed by atoms with E-state index in [1.807, 2.05) is 0 Å². The van der Waals surface area contributed by atoms with E-state index in [1.165, 1.54) is 6.92 Å². The molecule has 0 spiro atoms. The normalized spacial score (nSPS) is 19.4. The second-order valence-electron chi connectivity index (χ2n) is 6.68. The number of amides is 3. The number of hydrogen-bond acceptors (Lipinski definition) is 3. The van der Waals surface area contributed by atoms with Gasteiger partial charge in [0.05, 0.1) is 12.1 Å². The summed E-state index contributed by atoms with van der Waals surface area (Å²) in [6.45, 7) is 1.27. The Labute approximate surface area is 163 Å². The van der Waals surface area contributed by atoms with Crippen LogP contribution in [0.1, 0.15) is 18.1 Å². The van der Waals surface area contributed by atoms with Gasteiger partial charge in [0.1, 0.15) is 17.2 Å². The Kier molecular flexibility index (Phi) is 4.27. The molecular formula is C20H14ClF2N3O2. The number of fused-ring (bicyclic) bond motifs is 1. The second kappa shape index (κ2) is 6.53. The predicted molar refractivity (Wildman–Crippen MR) is 99.5 cm³/mol. The molecule has 0 bridgehead atoms. The number of carbonyl (C=O) groups is 2. The fraction of sp³-hybridized carbons (Fsp3) is 0.150. The highest BCUT2D eigenvalue weighted by Crippen LogP contribution is 2.33. The zero-order chi connectivity index (χ0) is 20.1. The first-order valence-electron chi connectivity index (χ1n) is 8.43. The first kappa shape index (κ1) is 18.3. The smallest absolute Gasteiger partial charge is 0.319 e. The Morgan fingerprint density at radius 1 is 1.18 bits per heavy atom. The average molecular weight is 402 g/mol. The van der Waals surface area contributed by atoms with Crippen molar-refractivity contribution in [1.29, 1.82) is 0 Å². The highest BCUT2D eigenvalue weighted by Gasteiger charge is 2.50. The summed E-state index contributed by atoms with van der Waals surface area (Å²) in [7, 11) is 0. The molecule has 3 amide bonds. The van der Waals surface area contributed by atoms with E-state index in [0.717, 1.165) is 23.1 Å². The molecule has 4 rings (SSSR count). The Hall–Kier alpha value is -3.06. The molecule has 28 heavy (non-hydrogen) atoms. The third-order valence-corrected chi connectivity index (χ3v) is 5.20. The summed E-state index contributed by atoms with van der Waals surface area (Å²) in [6.07, 6.45) is 1.58. The van der Waals surface area contributed by atoms with Crippen molar-refractivity contribution in [1.82, 2.24) is 15.2 Å². The lowest BCUT2D eigenvalue weighted by molar-refractivity contribution is -0.131. The molecule has 1 fully saturated rings. The molecule has 1 aliphatic rings. The summed E-state index contributed by atoms with van der Waals surface area (Å²) < 4.78 is 27.9. The summed E-state index contributed by atoms with van der Waals surface area (Å²) in [5.41, 5.74) is -0.778. The molecule has 1 unspecified atom stereocenters. The third kappa shape index (κ3) is 2.79. The fourth-order valence-corrected chi connectivity index (χ4v) is 3.61. The Bertz CT molecular complexity index is 1140. The lowest BCUT2D eigenvalue weighted by Crippen LogP contribution is -2.41. The molecule has 1 N–H and O–H groups in total. The van der Waals surface area contributed by atoms with Crippen LogP contribution in [0.2, 0.25) is 5.02 Å². The minimum atomic E-state index is -1.71. The minimum absolute atomic E-state index is 0.0815. The van der Waals surface area contributed by atoms with Gasteiger partial charge < -0.3 is 5.32 Å². The van der Waals surface area contributed by atoms with Crippen LogP contribution in [0.3, 0.4) is 0 Å². The van der Waals surface area contributed by atoms with Crippen molar-refractivity contribution in [2.75, 3.05) is 0 Å². The van der Waals surface area contributed by atoms with Crippen LogP contribution in [-0.4, -0.2) is 21.8 Å². The summed E-state index contributed by atoms with van der Waals surface area (Å²) in [4.78, 5) is 30.8. The van der Waals surface area contributed by atoms with Crippen LogP contribution >= 0.6 is 11.6 Å². The van der Waals surface area contributed by atoms with Crippen molar-refractivity contribution in [3.8, 4) is 0 Å². The lowest BCUT2D eigenvalue weighted by atomic mass is 9.91. The number of nitrogens with one attached hydrogen (secondary N) is 1. The van der Waals surface area contributed by atoms with Gasteiger partial charge in [-0.3, -0.25) is 14.7 Å². The minimum Gasteiger partial charge on any atom is -0.319 e. The first-order valence-corrected chi connectivity index (χ1v) is 8.81. The van der Waals surface area contributed by atoms with E-state index in [9.17, 15) is 18.4 Å². The van der Waals surface area contributed by atoms with Crippen molar-refractivity contribution >= 4 is 34.4 Å². The van der Waals surface area contributed by atoms with E-state index in [4.69, 9.17) is 11.6 Å². The number of carbonyl (C=O) groups excluding carboxylic acids is 2. The zero-order valence-corrected chi connectivity index (χ0v) is 15.4. The summed E-state index contributed by atoms with van der Waals surface area (Å²) >= 11 is 6.18. The van der Waals surface area contributed by atoms with Gasteiger partial charge in [0.15, 0.2) is 0 Å². The molecule has 0 radical (unpaired) electrons. The molecule has 2 heterocycles. The van der Waals surface area contributed by atoms with Crippen molar-refractivity contribution in [3.05, 3.63) is 76.4 Å². The molecule has 8 heteroatoms. The summed E-state index contributed by atoms with van der Waals surface area (Å²) in [6, 6.07) is 8.94. The molecule has 1 atom stereocenters. The second-order valence-corrected chi connectivity index (χ2v) is 7.08. The van der Waals surface area contributed by atoms with Gasteiger partial charge in [0.25, 0.3) is 5.91 Å². The van der Waals surface area contributed by atoms with Crippen LogP contribution in [0.4, 0.5) is 13.6 Å². The number of urea groups is 1. The van der Waals surface area contributed by atoms with Gasteiger partial charge in [-0.1, -0.05) is 17.7 Å². The zero-order valence-electron chi connectivity index (χ0n) is 14.7. The number of nitrogens with zero attached hydrogens (tertiary/aromatic N) is 2. The van der Waals surface area contributed by atoms with Crippen LogP contribution in [-0.2, 0) is 16.9 Å². The number of pyridine rings is 1. The molecule has 2 aromatic carbocycles. The number of halogens is 3. The van der Waals surface area contributed by atoms with Crippen molar-refractivity contribution in [2.45, 2.75) is 19.0 Å². The summed E-state index contributed by atoms with van der Waals surface area (Å²) in [5.74, 6) is -2.16. The van der Waals surface area contributed by atoms with Gasteiger partial charge in [0.2, 0.25) is 0 Å². The highest BCUT2D eigenvalue weighted by molar-refractivity contribution is 6.35. The van der Waals surface area contributed by atoms with Crippen molar-refractivity contribution < 1.29 is 18.4 Å². The lowest BCUT2D eigenvalue weighted by Gasteiger charge is -2.23. The number of rotatable bonds is 3. The third-order valence-electron chi connectivity index (χ3n) is 4.87. The molecule has 142 valence electrons. The highest BCUT2D eigenvalue weighted by atomic mass is 35.5. The monoisotopic (exact) mass is 401 g/mol. The van der Waals surface area contributed by atoms with E-state index in [1.54, 1.807) is 30.5 Å². The fourth-order valence-electron chi connectivity index (χ4n) is 3.40. The van der Waals surface area contributed by atoms with E-state index in [2.05, 4.69) is 10.3 Å². The van der Waals surface area contributed by atoms with Crippen LogP contribution in [0.15, 0.2) is 48.7 Å². The van der Waals surface area contributed by atoms with Crippen molar-refractivity contribution in [3.63, 3.8) is 0 Å². The van der Waals surface area contributed by atoms with Gasteiger partial charge >= 0.3 is 6.03 Å². The first-order chi connectivity index (χ1) is 13.3. The van der Waals surface area contributed by atoms with Crippen LogP contribution in [0.25, 0.3) is 10.9 Å². The van der Waals surface area contributed by atoms with Crippen LogP contribution < -0.4 is 5.32 Å². The quantitative estimate of drug-likeness (QED) is 0.671. The van der Waals surface area contributed by atoms with Gasteiger partial charge in [-0.2, -0.15) is 0 Å². The predicted octanol–water partition coefficient (Wildman–Crippen LogP) is 4.13. The topological polar surface area (TPSA) is 62.3 Å². The van der Waals surface area contributed by atoms with Crippen LogP contribution in [0, 0.1) is 11.6 Å². The Morgan fingerprint density at radius 3 is 2.75 bits per heavy atom. The Morgan fingerprint density at radius 2 is 1.96 bits per heavy atom. The molecule has 5 nitrogen and oxygen atoms in total. The molecular weight excluding hydrogens is 388 g/mol. The molecule has 3 aromatic rings. The molecule has 1 aliphatic heterocycles. The van der Waals surface area contributed by atoms with E-state index in [0.29, 0.717) is 21.5 Å². The number of benzene rings is 2. The number of imide groups is 1. The number of hydrogen-bond donors (Lipinski definition) is 1. The number of aromatic nitrogens is 1. The molecule has 0 saturated carbocycles. The van der Waals surface area contributed by atoms with Gasteiger partial charge in [-0.25, -0.2) is 13.6 Å². The maximum Gasteiger partial charge on any atom is 0.325 e. The van der Waals surface area contributed by atoms with Gasteiger partial charge in [-0.15, -0.1) is 0 Å². The van der Waals surface area contributed by atoms with E-state index in [-0.39, 0.29) is 12.1 Å². The van der Waals surface area contributed by atoms with Gasteiger partial charge in [-0.05, 0) is 48.9 Å². The van der Waals surface area contributed by atoms with E-state index < -0.39 is 29.1 Å². The SMILES string of the molecule is CC1(c2cc(F)ccc2F)NC(=O)N(Cc2ccc(Cl)c3cccnc23)C1=O. The maximum absolute atomic E-state index is 14.3. The van der Waals surface area contributed by atoms with E-state index >= 15 is 0 Å². The van der Waals surface area contributed by atoms with Crippen LogP contribution in [0.5, 0.6) is 0 Å². The summed E-state index contributed by atoms with van der Waals surface area (Å²) in [5, 5.41) is 3.66. The van der Waals surface area contributed by atoms with Crippen molar-refractivity contribution in [2.24, 2.45) is 0 Å². The molecule has 0 aliphatic carbocycles. The maximum atomic E-state index is 14.3. The Balaban J connectivity index is 1.73. The largest absolute Gasteiger partial charge is 0.325 e. The molecule has 1 aromatic heterocycles. The molecule has 1 saturated heterocycles. The average Bonchev–Trinajstić information content (AvgIpc) is 2.90. The van der Waals surface area contributed by atoms with Gasteiger partial charge in [0, 0.05) is 22.2 Å².